The molecule has 0 radical (unpaired) electrons. The first kappa shape index (κ1) is 15.4. The molecule has 0 aliphatic carbocycles. The molecule has 0 aromatic heterocycles. The predicted molar refractivity (Wildman–Crippen MR) is 86.5 cm³/mol. The van der Waals surface area contributed by atoms with Crippen LogP contribution in [0.1, 0.15) is 11.1 Å². The van der Waals surface area contributed by atoms with Gasteiger partial charge in [0, 0.05) is 25.0 Å². The van der Waals surface area contributed by atoms with E-state index < -0.39 is 6.10 Å². The smallest absolute Gasteiger partial charge is 0.0945 e. The van der Waals surface area contributed by atoms with Gasteiger partial charge in [-0.1, -0.05) is 24.3 Å². The van der Waals surface area contributed by atoms with Crippen molar-refractivity contribution in [3.05, 3.63) is 59.7 Å². The number of anilines is 2. The third-order valence-electron chi connectivity index (χ3n) is 3.24. The summed E-state index contributed by atoms with van der Waals surface area (Å²) >= 11 is 0. The zero-order valence-corrected chi connectivity index (χ0v) is 12.3. The van der Waals surface area contributed by atoms with Crippen molar-refractivity contribution < 1.29 is 9.84 Å². The number of aliphatic hydroxyl groups excluding tert-OH is 1. The van der Waals surface area contributed by atoms with Gasteiger partial charge in [0.25, 0.3) is 0 Å². The van der Waals surface area contributed by atoms with Gasteiger partial charge in [0.15, 0.2) is 0 Å². The minimum absolute atomic E-state index is 0.336. The lowest BCUT2D eigenvalue weighted by Gasteiger charge is -2.12. The maximum absolute atomic E-state index is 9.58. The van der Waals surface area contributed by atoms with Gasteiger partial charge in [0.1, 0.15) is 0 Å². The summed E-state index contributed by atoms with van der Waals surface area (Å²) in [5.41, 5.74) is 9.93. The first-order valence-electron chi connectivity index (χ1n) is 7.01. The third kappa shape index (κ3) is 5.10. The molecule has 0 saturated carbocycles. The van der Waals surface area contributed by atoms with Crippen LogP contribution in [0.2, 0.25) is 0 Å². The number of ether oxygens (including phenoxy) is 1. The lowest BCUT2D eigenvalue weighted by molar-refractivity contribution is 0.0727. The molecule has 4 heteroatoms. The van der Waals surface area contributed by atoms with Gasteiger partial charge in [-0.2, -0.15) is 0 Å². The van der Waals surface area contributed by atoms with Crippen LogP contribution in [0.5, 0.6) is 0 Å². The number of methoxy groups -OCH3 is 1. The molecule has 2 aromatic carbocycles. The number of rotatable bonds is 7. The SMILES string of the molecule is COCC(O)CNc1ccc(Cc2ccc(N)cc2)cc1. The van der Waals surface area contributed by atoms with Crippen molar-refractivity contribution in [2.24, 2.45) is 0 Å². The van der Waals surface area contributed by atoms with Gasteiger partial charge in [-0.05, 0) is 41.8 Å². The second kappa shape index (κ2) is 7.67. The highest BCUT2D eigenvalue weighted by atomic mass is 16.5. The van der Waals surface area contributed by atoms with Gasteiger partial charge in [-0.15, -0.1) is 0 Å². The standard InChI is InChI=1S/C17H22N2O2/c1-21-12-17(20)11-19-16-8-4-14(5-9-16)10-13-2-6-15(18)7-3-13/h2-9,17,19-20H,10-12,18H2,1H3. The topological polar surface area (TPSA) is 67.5 Å². The van der Waals surface area contributed by atoms with Crippen LogP contribution in [0.15, 0.2) is 48.5 Å². The maximum atomic E-state index is 9.58. The third-order valence-corrected chi connectivity index (χ3v) is 3.24. The Labute approximate surface area is 125 Å². The van der Waals surface area contributed by atoms with E-state index in [9.17, 15) is 5.11 Å². The van der Waals surface area contributed by atoms with E-state index >= 15 is 0 Å². The maximum Gasteiger partial charge on any atom is 0.0945 e. The lowest BCUT2D eigenvalue weighted by atomic mass is 10.0. The Bertz CT molecular complexity index is 538. The average Bonchev–Trinajstić information content (AvgIpc) is 2.49. The number of hydrogen-bond acceptors (Lipinski definition) is 4. The summed E-state index contributed by atoms with van der Waals surface area (Å²) in [7, 11) is 1.58. The van der Waals surface area contributed by atoms with Crippen LogP contribution < -0.4 is 11.1 Å². The summed E-state index contributed by atoms with van der Waals surface area (Å²) in [4.78, 5) is 0. The van der Waals surface area contributed by atoms with Gasteiger partial charge in [-0.3, -0.25) is 0 Å². The summed E-state index contributed by atoms with van der Waals surface area (Å²) < 4.78 is 4.89. The van der Waals surface area contributed by atoms with Gasteiger partial charge in [-0.25, -0.2) is 0 Å². The number of aliphatic hydroxyl groups is 1. The van der Waals surface area contributed by atoms with E-state index in [0.717, 1.165) is 17.8 Å². The summed E-state index contributed by atoms with van der Waals surface area (Å²) in [5.74, 6) is 0. The molecule has 112 valence electrons. The second-order valence-electron chi connectivity index (χ2n) is 5.11. The molecule has 21 heavy (non-hydrogen) atoms. The Morgan fingerprint density at radius 3 is 2.19 bits per heavy atom. The Hall–Kier alpha value is -2.04. The molecule has 2 aromatic rings. The first-order valence-corrected chi connectivity index (χ1v) is 7.01. The quantitative estimate of drug-likeness (QED) is 0.683. The van der Waals surface area contributed by atoms with E-state index in [-0.39, 0.29) is 0 Å². The molecule has 2 rings (SSSR count). The summed E-state index contributed by atoms with van der Waals surface area (Å²) in [6.45, 7) is 0.813. The fourth-order valence-electron chi connectivity index (χ4n) is 2.10. The fraction of sp³-hybridized carbons (Fsp3) is 0.294. The van der Waals surface area contributed by atoms with E-state index in [2.05, 4.69) is 17.4 Å². The molecule has 0 amide bonds. The number of benzene rings is 2. The molecular formula is C17H22N2O2. The van der Waals surface area contributed by atoms with Crippen LogP contribution in [-0.2, 0) is 11.2 Å². The van der Waals surface area contributed by atoms with Crippen LogP contribution in [-0.4, -0.2) is 31.5 Å². The van der Waals surface area contributed by atoms with Crippen LogP contribution in [0.25, 0.3) is 0 Å². The molecule has 0 heterocycles. The van der Waals surface area contributed by atoms with E-state index in [4.69, 9.17) is 10.5 Å². The van der Waals surface area contributed by atoms with Crippen molar-refractivity contribution in [3.8, 4) is 0 Å². The van der Waals surface area contributed by atoms with E-state index in [1.807, 2.05) is 36.4 Å². The van der Waals surface area contributed by atoms with Crippen LogP contribution in [0.4, 0.5) is 11.4 Å². The summed E-state index contributed by atoms with van der Waals surface area (Å²) in [6, 6.07) is 16.1. The summed E-state index contributed by atoms with van der Waals surface area (Å²) in [5, 5.41) is 12.8. The minimum atomic E-state index is -0.496. The van der Waals surface area contributed by atoms with Crippen LogP contribution in [0, 0.1) is 0 Å². The van der Waals surface area contributed by atoms with Crippen molar-refractivity contribution >= 4 is 11.4 Å². The Morgan fingerprint density at radius 2 is 1.62 bits per heavy atom. The van der Waals surface area contributed by atoms with Crippen LogP contribution in [0.3, 0.4) is 0 Å². The van der Waals surface area contributed by atoms with E-state index in [0.29, 0.717) is 13.2 Å². The monoisotopic (exact) mass is 286 g/mol. The minimum Gasteiger partial charge on any atom is -0.399 e. The van der Waals surface area contributed by atoms with Crippen LogP contribution >= 0.6 is 0 Å². The Kier molecular flexibility index (Phi) is 5.60. The highest BCUT2D eigenvalue weighted by molar-refractivity contribution is 5.46. The fourth-order valence-corrected chi connectivity index (χ4v) is 2.10. The van der Waals surface area contributed by atoms with E-state index in [1.54, 1.807) is 7.11 Å². The molecule has 1 atom stereocenters. The van der Waals surface area contributed by atoms with Crippen molar-refractivity contribution in [2.75, 3.05) is 31.3 Å². The number of hydrogen-bond donors (Lipinski definition) is 3. The van der Waals surface area contributed by atoms with E-state index in [1.165, 1.54) is 11.1 Å². The average molecular weight is 286 g/mol. The molecule has 0 fully saturated rings. The van der Waals surface area contributed by atoms with Crippen molar-refractivity contribution in [3.63, 3.8) is 0 Å². The first-order chi connectivity index (χ1) is 10.2. The zero-order valence-electron chi connectivity index (χ0n) is 12.3. The molecule has 0 aliphatic rings. The van der Waals surface area contributed by atoms with Crippen molar-refractivity contribution in [1.29, 1.82) is 0 Å². The summed E-state index contributed by atoms with van der Waals surface area (Å²) in [6.07, 6.45) is 0.386. The second-order valence-corrected chi connectivity index (χ2v) is 5.11. The molecule has 0 bridgehead atoms. The van der Waals surface area contributed by atoms with Gasteiger partial charge in [0.05, 0.1) is 12.7 Å². The van der Waals surface area contributed by atoms with Gasteiger partial charge < -0.3 is 20.9 Å². The molecule has 4 nitrogen and oxygen atoms in total. The lowest BCUT2D eigenvalue weighted by Crippen LogP contribution is -2.24. The highest BCUT2D eigenvalue weighted by Crippen LogP contribution is 2.14. The van der Waals surface area contributed by atoms with Gasteiger partial charge >= 0.3 is 0 Å². The molecule has 0 saturated heterocycles. The Morgan fingerprint density at radius 1 is 1.05 bits per heavy atom. The molecule has 0 spiro atoms. The molecule has 1 unspecified atom stereocenters. The largest absolute Gasteiger partial charge is 0.399 e. The molecule has 0 aliphatic heterocycles. The normalized spacial score (nSPS) is 12.1. The predicted octanol–water partition coefficient (Wildman–Crippen LogP) is 2.28. The number of nitrogens with one attached hydrogen (secondary N) is 1. The number of nitrogen functional groups attached to an aromatic ring is 1. The number of nitrogens with two attached hydrogens (primary N) is 1. The van der Waals surface area contributed by atoms with Gasteiger partial charge in [0.2, 0.25) is 0 Å². The Balaban J connectivity index is 1.88. The van der Waals surface area contributed by atoms with Crippen molar-refractivity contribution in [1.82, 2.24) is 0 Å². The zero-order chi connectivity index (χ0) is 15.1. The molecular weight excluding hydrogens is 264 g/mol. The van der Waals surface area contributed by atoms with Crippen molar-refractivity contribution in [2.45, 2.75) is 12.5 Å². The highest BCUT2D eigenvalue weighted by Gasteiger charge is 2.03. The molecule has 4 N–H and O–H groups in total.